The molecule has 1 saturated heterocycles. The van der Waals surface area contributed by atoms with Crippen LogP contribution in [0.1, 0.15) is 46.5 Å². The molecular formula is C17H35N3O2. The van der Waals surface area contributed by atoms with E-state index >= 15 is 0 Å². The van der Waals surface area contributed by atoms with Gasteiger partial charge in [0.1, 0.15) is 0 Å². The fourth-order valence-corrected chi connectivity index (χ4v) is 2.54. The van der Waals surface area contributed by atoms with Gasteiger partial charge < -0.3 is 19.7 Å². The van der Waals surface area contributed by atoms with Crippen LogP contribution in [0.3, 0.4) is 0 Å². The lowest BCUT2D eigenvalue weighted by Crippen LogP contribution is -2.47. The maximum absolute atomic E-state index is 5.92. The summed E-state index contributed by atoms with van der Waals surface area (Å²) in [6, 6.07) is 0. The third-order valence-corrected chi connectivity index (χ3v) is 3.89. The molecule has 0 unspecified atom stereocenters. The number of nitrogens with zero attached hydrogens (tertiary/aromatic N) is 2. The van der Waals surface area contributed by atoms with Gasteiger partial charge in [-0.3, -0.25) is 4.99 Å². The number of hydrogen-bond donors (Lipinski definition) is 1. The summed E-state index contributed by atoms with van der Waals surface area (Å²) in [5, 5.41) is 3.42. The number of rotatable bonds is 9. The first-order valence-corrected chi connectivity index (χ1v) is 8.81. The van der Waals surface area contributed by atoms with Crippen LogP contribution in [0, 0.1) is 5.92 Å². The molecule has 1 aliphatic rings. The number of methoxy groups -OCH3 is 1. The second-order valence-corrected chi connectivity index (χ2v) is 6.32. The number of guanidine groups is 1. The molecule has 5 heteroatoms. The summed E-state index contributed by atoms with van der Waals surface area (Å²) < 4.78 is 11.0. The van der Waals surface area contributed by atoms with E-state index in [1.807, 2.05) is 0 Å². The Morgan fingerprint density at radius 1 is 1.27 bits per heavy atom. The molecule has 0 aromatic heterocycles. The van der Waals surface area contributed by atoms with Crippen LogP contribution < -0.4 is 5.32 Å². The Kier molecular flexibility index (Phi) is 10.2. The summed E-state index contributed by atoms with van der Waals surface area (Å²) in [6.45, 7) is 12.1. The van der Waals surface area contributed by atoms with E-state index < -0.39 is 0 Å². The van der Waals surface area contributed by atoms with Crippen LogP contribution in [0.15, 0.2) is 4.99 Å². The molecule has 1 N–H and O–H groups in total. The van der Waals surface area contributed by atoms with Crippen molar-refractivity contribution in [2.75, 3.05) is 46.5 Å². The van der Waals surface area contributed by atoms with Crippen LogP contribution in [0.5, 0.6) is 0 Å². The SMILES string of the molecule is CCNC(=NCCC(C)C)N1CCC(OCCCOC)CC1. The van der Waals surface area contributed by atoms with Crippen LogP contribution >= 0.6 is 0 Å². The maximum Gasteiger partial charge on any atom is 0.193 e. The lowest BCUT2D eigenvalue weighted by molar-refractivity contribution is 0.00990. The third kappa shape index (κ3) is 7.99. The van der Waals surface area contributed by atoms with Crippen LogP contribution in [0.2, 0.25) is 0 Å². The molecule has 0 aromatic carbocycles. The number of hydrogen-bond acceptors (Lipinski definition) is 3. The molecule has 0 saturated carbocycles. The van der Waals surface area contributed by atoms with Crippen molar-refractivity contribution in [3.8, 4) is 0 Å². The van der Waals surface area contributed by atoms with Gasteiger partial charge in [0, 0.05) is 46.5 Å². The Balaban J connectivity index is 2.32. The zero-order chi connectivity index (χ0) is 16.2. The van der Waals surface area contributed by atoms with Crippen molar-refractivity contribution in [3.05, 3.63) is 0 Å². The summed E-state index contributed by atoms with van der Waals surface area (Å²) in [7, 11) is 1.74. The zero-order valence-electron chi connectivity index (χ0n) is 14.9. The molecule has 0 radical (unpaired) electrons. The van der Waals surface area contributed by atoms with Gasteiger partial charge in [0.15, 0.2) is 5.96 Å². The molecule has 5 nitrogen and oxygen atoms in total. The highest BCUT2D eigenvalue weighted by Gasteiger charge is 2.21. The normalized spacial score (nSPS) is 17.3. The third-order valence-electron chi connectivity index (χ3n) is 3.89. The molecule has 1 heterocycles. The minimum absolute atomic E-state index is 0.395. The monoisotopic (exact) mass is 313 g/mol. The molecule has 22 heavy (non-hydrogen) atoms. The highest BCUT2D eigenvalue weighted by Crippen LogP contribution is 2.14. The first kappa shape index (κ1) is 19.2. The fourth-order valence-electron chi connectivity index (χ4n) is 2.54. The van der Waals surface area contributed by atoms with Crippen LogP contribution in [0.4, 0.5) is 0 Å². The molecule has 1 aliphatic heterocycles. The van der Waals surface area contributed by atoms with E-state index in [0.29, 0.717) is 12.0 Å². The maximum atomic E-state index is 5.92. The van der Waals surface area contributed by atoms with Gasteiger partial charge in [-0.05, 0) is 38.5 Å². The van der Waals surface area contributed by atoms with Crippen molar-refractivity contribution >= 4 is 5.96 Å². The molecule has 0 aliphatic carbocycles. The summed E-state index contributed by atoms with van der Waals surface area (Å²) in [6.07, 6.45) is 4.69. The minimum atomic E-state index is 0.395. The van der Waals surface area contributed by atoms with Gasteiger partial charge in [0.05, 0.1) is 6.10 Å². The van der Waals surface area contributed by atoms with Crippen molar-refractivity contribution in [2.24, 2.45) is 10.9 Å². The first-order valence-electron chi connectivity index (χ1n) is 8.81. The molecule has 0 amide bonds. The number of likely N-dealkylation sites (tertiary alicyclic amines) is 1. The topological polar surface area (TPSA) is 46.1 Å². The summed E-state index contributed by atoms with van der Waals surface area (Å²) >= 11 is 0. The van der Waals surface area contributed by atoms with Gasteiger partial charge >= 0.3 is 0 Å². The Bertz CT molecular complexity index is 300. The quantitative estimate of drug-likeness (QED) is 0.404. The first-order chi connectivity index (χ1) is 10.7. The van der Waals surface area contributed by atoms with Gasteiger partial charge in [-0.1, -0.05) is 13.8 Å². The molecule has 1 fully saturated rings. The average Bonchev–Trinajstić information content (AvgIpc) is 2.51. The summed E-state index contributed by atoms with van der Waals surface area (Å²) in [4.78, 5) is 7.14. The highest BCUT2D eigenvalue weighted by atomic mass is 16.5. The van der Waals surface area contributed by atoms with Gasteiger partial charge in [-0.2, -0.15) is 0 Å². The van der Waals surface area contributed by atoms with E-state index in [2.05, 4.69) is 31.0 Å². The second kappa shape index (κ2) is 11.7. The van der Waals surface area contributed by atoms with Gasteiger partial charge in [0.2, 0.25) is 0 Å². The van der Waals surface area contributed by atoms with Crippen LogP contribution in [-0.4, -0.2) is 63.5 Å². The second-order valence-electron chi connectivity index (χ2n) is 6.32. The predicted molar refractivity (Wildman–Crippen MR) is 92.5 cm³/mol. The molecule has 0 aromatic rings. The van der Waals surface area contributed by atoms with Crippen molar-refractivity contribution in [3.63, 3.8) is 0 Å². The van der Waals surface area contributed by atoms with E-state index in [4.69, 9.17) is 14.5 Å². The largest absolute Gasteiger partial charge is 0.385 e. The molecule has 0 spiro atoms. The highest BCUT2D eigenvalue weighted by molar-refractivity contribution is 5.80. The molecule has 0 bridgehead atoms. The molecular weight excluding hydrogens is 278 g/mol. The van der Waals surface area contributed by atoms with E-state index in [1.165, 1.54) is 0 Å². The van der Waals surface area contributed by atoms with Gasteiger partial charge in [-0.25, -0.2) is 0 Å². The molecule has 1 rings (SSSR count). The van der Waals surface area contributed by atoms with Gasteiger partial charge in [-0.15, -0.1) is 0 Å². The van der Waals surface area contributed by atoms with Crippen molar-refractivity contribution in [1.29, 1.82) is 0 Å². The molecule has 130 valence electrons. The Hall–Kier alpha value is -0.810. The lowest BCUT2D eigenvalue weighted by Gasteiger charge is -2.34. The fraction of sp³-hybridized carbons (Fsp3) is 0.941. The Morgan fingerprint density at radius 2 is 2.00 bits per heavy atom. The van der Waals surface area contributed by atoms with Crippen molar-refractivity contribution < 1.29 is 9.47 Å². The number of aliphatic imine (C=N–C) groups is 1. The summed E-state index contributed by atoms with van der Waals surface area (Å²) in [5.41, 5.74) is 0. The summed E-state index contributed by atoms with van der Waals surface area (Å²) in [5.74, 6) is 1.78. The Morgan fingerprint density at radius 3 is 2.59 bits per heavy atom. The number of ether oxygens (including phenoxy) is 2. The van der Waals surface area contributed by atoms with E-state index in [0.717, 1.165) is 71.0 Å². The van der Waals surface area contributed by atoms with Crippen molar-refractivity contribution in [1.82, 2.24) is 10.2 Å². The Labute approximate surface area is 136 Å². The van der Waals surface area contributed by atoms with E-state index in [9.17, 15) is 0 Å². The standard InChI is InChI=1S/C17H35N3O2/c1-5-18-17(19-10-7-15(2)3)20-11-8-16(9-12-20)22-14-6-13-21-4/h15-16H,5-14H2,1-4H3,(H,18,19). The number of nitrogens with one attached hydrogen (secondary N) is 1. The smallest absolute Gasteiger partial charge is 0.193 e. The zero-order valence-corrected chi connectivity index (χ0v) is 14.9. The molecule has 0 atom stereocenters. The van der Waals surface area contributed by atoms with Crippen molar-refractivity contribution in [2.45, 2.75) is 52.6 Å². The van der Waals surface area contributed by atoms with Gasteiger partial charge in [0.25, 0.3) is 0 Å². The van der Waals surface area contributed by atoms with E-state index in [-0.39, 0.29) is 0 Å². The van der Waals surface area contributed by atoms with Crippen LogP contribution in [-0.2, 0) is 9.47 Å². The van der Waals surface area contributed by atoms with Crippen LogP contribution in [0.25, 0.3) is 0 Å². The van der Waals surface area contributed by atoms with E-state index in [1.54, 1.807) is 7.11 Å². The average molecular weight is 313 g/mol. The lowest BCUT2D eigenvalue weighted by atomic mass is 10.1. The predicted octanol–water partition coefficient (Wildman–Crippen LogP) is 2.52. The number of piperidine rings is 1. The minimum Gasteiger partial charge on any atom is -0.385 e.